The Morgan fingerprint density at radius 2 is 1.40 bits per heavy atom. The SMILES string of the molecule is O=C(C=CC1CCC(O)C(O)C1)OC[C@H]1O[C@@H](OC2CC3C(O)CC(O)CC3[OH+]C2C2CCC(O)C(O)C2)[C@H](O[C@H]2OC[C@H](O)[C@@H](O)[C@@H]2O)[C@@H](O)[C@@H]1O. The predicted octanol–water partition coefficient (Wildman–Crippen LogP) is -4.41. The third-order valence-electron chi connectivity index (χ3n) is 12.0. The molecule has 18 nitrogen and oxygen atoms in total. The summed E-state index contributed by atoms with van der Waals surface area (Å²) in [5.74, 6) is -1.66. The molecule has 53 heavy (non-hydrogen) atoms. The van der Waals surface area contributed by atoms with Crippen molar-refractivity contribution in [2.75, 3.05) is 13.2 Å². The number of carbonyl (C=O) groups is 1. The molecule has 0 bridgehead atoms. The molecule has 3 saturated carbocycles. The fourth-order valence-electron chi connectivity index (χ4n) is 8.79. The molecule has 6 aliphatic rings. The van der Waals surface area contributed by atoms with E-state index in [1.54, 1.807) is 6.08 Å². The van der Waals surface area contributed by atoms with Crippen molar-refractivity contribution in [2.45, 2.75) is 168 Å². The average Bonchev–Trinajstić information content (AvgIpc) is 3.12. The molecule has 12 N–H and O–H groups in total. The Labute approximate surface area is 306 Å². The Hall–Kier alpha value is -1.43. The number of hydrogen-bond acceptors (Lipinski definition) is 17. The largest absolute Gasteiger partial charge is 0.460 e. The highest BCUT2D eigenvalue weighted by Crippen LogP contribution is 2.42. The summed E-state index contributed by atoms with van der Waals surface area (Å²) in [7, 11) is 0. The maximum atomic E-state index is 12.7. The van der Waals surface area contributed by atoms with Gasteiger partial charge < -0.3 is 84.6 Å². The summed E-state index contributed by atoms with van der Waals surface area (Å²) in [5, 5.41) is 115. The van der Waals surface area contributed by atoms with E-state index in [0.29, 0.717) is 32.1 Å². The first kappa shape index (κ1) is 41.2. The first-order valence-corrected chi connectivity index (χ1v) is 18.8. The zero-order chi connectivity index (χ0) is 38.1. The van der Waals surface area contributed by atoms with Crippen molar-refractivity contribution < 1.29 is 89.4 Å². The van der Waals surface area contributed by atoms with E-state index < -0.39 is 135 Å². The highest BCUT2D eigenvalue weighted by molar-refractivity contribution is 5.81. The average molecular weight is 766 g/mol. The second kappa shape index (κ2) is 17.8. The van der Waals surface area contributed by atoms with Crippen molar-refractivity contribution in [3.8, 4) is 0 Å². The molecule has 0 amide bonds. The van der Waals surface area contributed by atoms with Gasteiger partial charge in [-0.05, 0) is 50.9 Å². The standard InChI is InChI=1S/C35H56O18/c36-16-9-20(39)17-11-25(32(50-24(17)10-16)15-3-5-19(38)22(41)8-15)51-35-33(53-34-31(47)28(44)23(42)12-49-34)30(46)29(45)26(52-35)13-48-27(43)6-2-14-1-4-18(37)21(40)7-14/h2,6,14-26,28-42,44-47H,1,3-5,7-13H2/p+1/t14?,15?,16?,17?,18?,19?,20?,21?,22?,23-,24?,25?,26+,28+,29+,30-,31-,32?,33+,34+,35+/m0/s1. The van der Waals surface area contributed by atoms with Gasteiger partial charge in [0.05, 0.1) is 49.1 Å². The van der Waals surface area contributed by atoms with Gasteiger partial charge in [-0.15, -0.1) is 0 Å². The molecule has 0 aromatic rings. The topological polar surface area (TPSA) is 299 Å². The molecule has 12 unspecified atom stereocenters. The van der Waals surface area contributed by atoms with E-state index in [0.717, 1.165) is 0 Å². The fraction of sp³-hybridized carbons (Fsp3) is 0.914. The third kappa shape index (κ3) is 9.58. The molecular formula is C35H57O18+. The molecule has 304 valence electrons. The summed E-state index contributed by atoms with van der Waals surface area (Å²) in [4.78, 5) is 12.7. The van der Waals surface area contributed by atoms with Crippen LogP contribution in [0.4, 0.5) is 0 Å². The Morgan fingerprint density at radius 1 is 0.679 bits per heavy atom. The van der Waals surface area contributed by atoms with Crippen LogP contribution >= 0.6 is 0 Å². The highest BCUT2D eigenvalue weighted by atomic mass is 16.8. The minimum atomic E-state index is -1.79. The number of esters is 1. The number of aliphatic hydroxyl groups is 13. The van der Waals surface area contributed by atoms with E-state index in [1.807, 2.05) is 0 Å². The molecule has 18 heteroatoms. The van der Waals surface area contributed by atoms with Crippen LogP contribution in [-0.4, -0.2) is 190 Å². The van der Waals surface area contributed by atoms with Crippen molar-refractivity contribution in [1.29, 1.82) is 0 Å². The molecule has 0 aromatic heterocycles. The number of rotatable bonds is 9. The minimum absolute atomic E-state index is 0.134. The second-order valence-corrected chi connectivity index (χ2v) is 15.8. The lowest BCUT2D eigenvalue weighted by molar-refractivity contribution is -0.381. The molecule has 3 saturated heterocycles. The zero-order valence-corrected chi connectivity index (χ0v) is 29.4. The van der Waals surface area contributed by atoms with Crippen LogP contribution < -0.4 is 0 Å². The maximum absolute atomic E-state index is 12.7. The van der Waals surface area contributed by atoms with Gasteiger partial charge in [-0.1, -0.05) is 6.08 Å². The molecule has 6 fully saturated rings. The lowest BCUT2D eigenvalue weighted by Crippen LogP contribution is -2.65. The number of carbonyl (C=O) groups excluding carboxylic acids is 1. The minimum Gasteiger partial charge on any atom is -0.460 e. The van der Waals surface area contributed by atoms with Crippen molar-refractivity contribution in [3.63, 3.8) is 0 Å². The van der Waals surface area contributed by atoms with Crippen LogP contribution in [0.5, 0.6) is 0 Å². The number of hydrogen-bond donors (Lipinski definition) is 11. The molecular weight excluding hydrogens is 708 g/mol. The van der Waals surface area contributed by atoms with Crippen LogP contribution in [0.2, 0.25) is 0 Å². The van der Waals surface area contributed by atoms with Gasteiger partial charge in [-0.25, -0.2) is 4.79 Å². The van der Waals surface area contributed by atoms with Gasteiger partial charge in [0.25, 0.3) is 0 Å². The van der Waals surface area contributed by atoms with E-state index >= 15 is 0 Å². The van der Waals surface area contributed by atoms with Gasteiger partial charge in [-0.3, -0.25) is 0 Å². The summed E-state index contributed by atoms with van der Waals surface area (Å²) < 4.78 is 34.4. The van der Waals surface area contributed by atoms with E-state index in [2.05, 4.69) is 0 Å². The number of fused-ring (bicyclic) bond motifs is 1. The van der Waals surface area contributed by atoms with Crippen molar-refractivity contribution in [2.24, 2.45) is 17.8 Å². The number of allylic oxidation sites excluding steroid dienone is 1. The van der Waals surface area contributed by atoms with Crippen LogP contribution in [-0.2, 0) is 28.5 Å². The monoisotopic (exact) mass is 765 g/mol. The quantitative estimate of drug-likeness (QED) is 0.0600. The van der Waals surface area contributed by atoms with Gasteiger partial charge in [-0.2, -0.15) is 0 Å². The van der Waals surface area contributed by atoms with Crippen LogP contribution in [0.3, 0.4) is 0 Å². The maximum Gasteiger partial charge on any atom is 0.330 e. The lowest BCUT2D eigenvalue weighted by atomic mass is 9.72. The van der Waals surface area contributed by atoms with Gasteiger partial charge in [0.15, 0.2) is 24.8 Å². The molecule has 3 heterocycles. The first-order chi connectivity index (χ1) is 25.2. The Morgan fingerprint density at radius 3 is 2.11 bits per heavy atom. The molecule has 3 aliphatic heterocycles. The summed E-state index contributed by atoms with van der Waals surface area (Å²) in [6.07, 6.45) is -16.1. The number of ether oxygens (including phenoxy) is 6. The van der Waals surface area contributed by atoms with Crippen molar-refractivity contribution >= 4 is 5.97 Å². The smallest absolute Gasteiger partial charge is 0.330 e. The Balaban J connectivity index is 1.20. The summed E-state index contributed by atoms with van der Waals surface area (Å²) in [6, 6.07) is 0. The fourth-order valence-corrected chi connectivity index (χ4v) is 8.79. The second-order valence-electron chi connectivity index (χ2n) is 15.8. The van der Waals surface area contributed by atoms with E-state index in [9.17, 15) is 61.0 Å². The molecule has 6 rings (SSSR count). The van der Waals surface area contributed by atoms with E-state index in [4.69, 9.17) is 28.4 Å². The molecule has 0 radical (unpaired) electrons. The van der Waals surface area contributed by atoms with Gasteiger partial charge in [0.2, 0.25) is 0 Å². The van der Waals surface area contributed by atoms with Crippen molar-refractivity contribution in [1.82, 2.24) is 0 Å². The summed E-state index contributed by atoms with van der Waals surface area (Å²) in [5.41, 5.74) is 0. The number of aliphatic hydroxyl groups excluding tert-OH is 11. The Bertz CT molecular complexity index is 1230. The lowest BCUT2D eigenvalue weighted by Gasteiger charge is -2.49. The van der Waals surface area contributed by atoms with E-state index in [-0.39, 0.29) is 37.5 Å². The molecule has 21 atom stereocenters. The van der Waals surface area contributed by atoms with Crippen LogP contribution in [0.1, 0.15) is 57.8 Å². The predicted molar refractivity (Wildman–Crippen MR) is 176 cm³/mol. The highest BCUT2D eigenvalue weighted by Gasteiger charge is 2.56. The summed E-state index contributed by atoms with van der Waals surface area (Å²) >= 11 is 0. The van der Waals surface area contributed by atoms with Gasteiger partial charge >= 0.3 is 5.97 Å². The Kier molecular flexibility index (Phi) is 13.8. The molecule has 0 spiro atoms. The van der Waals surface area contributed by atoms with Crippen LogP contribution in [0, 0.1) is 17.8 Å². The van der Waals surface area contributed by atoms with Crippen molar-refractivity contribution in [3.05, 3.63) is 12.2 Å². The summed E-state index contributed by atoms with van der Waals surface area (Å²) in [6.45, 7) is -0.959. The molecule has 0 aromatic carbocycles. The normalized spacial score (nSPS) is 51.1. The zero-order valence-electron chi connectivity index (χ0n) is 29.4. The molecule has 3 aliphatic carbocycles. The van der Waals surface area contributed by atoms with E-state index in [1.165, 1.54) is 6.08 Å². The third-order valence-corrected chi connectivity index (χ3v) is 12.0. The van der Waals surface area contributed by atoms with Gasteiger partial charge in [0, 0.05) is 24.8 Å². The van der Waals surface area contributed by atoms with Crippen LogP contribution in [0.25, 0.3) is 0 Å². The van der Waals surface area contributed by atoms with Gasteiger partial charge in [0.1, 0.15) is 55.4 Å². The van der Waals surface area contributed by atoms with Crippen LogP contribution in [0.15, 0.2) is 12.2 Å². The first-order valence-electron chi connectivity index (χ1n) is 18.8.